The molecule has 1 aromatic heterocycles. The van der Waals surface area contributed by atoms with Crippen LogP contribution in [0.1, 0.15) is 19.3 Å². The molecule has 0 unspecified atom stereocenters. The standard InChI is InChI=1S/C8H11BN2O4/c12-9(13)15-7-4-10-8(11-5-7)14-6-2-1-3-6/h4-6,12-13H,1-3H2. The fraction of sp³-hybridized carbons (Fsp3) is 0.500. The number of hydrogen-bond donors (Lipinski definition) is 2. The van der Waals surface area contributed by atoms with Crippen molar-refractivity contribution in [2.24, 2.45) is 0 Å². The zero-order valence-corrected chi connectivity index (χ0v) is 8.04. The van der Waals surface area contributed by atoms with Crippen molar-refractivity contribution in [2.75, 3.05) is 0 Å². The van der Waals surface area contributed by atoms with Crippen LogP contribution < -0.4 is 9.39 Å². The summed E-state index contributed by atoms with van der Waals surface area (Å²) in [5.74, 6) is 0.186. The molecule has 1 aliphatic rings. The van der Waals surface area contributed by atoms with Crippen molar-refractivity contribution in [1.82, 2.24) is 9.97 Å². The third kappa shape index (κ3) is 2.80. The van der Waals surface area contributed by atoms with E-state index in [1.807, 2.05) is 0 Å². The summed E-state index contributed by atoms with van der Waals surface area (Å²) in [5.41, 5.74) is 0. The van der Waals surface area contributed by atoms with E-state index in [0.29, 0.717) is 6.01 Å². The molecule has 1 aromatic rings. The van der Waals surface area contributed by atoms with Crippen molar-refractivity contribution in [3.8, 4) is 11.8 Å². The summed E-state index contributed by atoms with van der Waals surface area (Å²) in [7, 11) is -1.85. The van der Waals surface area contributed by atoms with Gasteiger partial charge in [-0.1, -0.05) is 0 Å². The van der Waals surface area contributed by atoms with Crippen LogP contribution in [0.3, 0.4) is 0 Å². The van der Waals surface area contributed by atoms with Gasteiger partial charge in [-0.2, -0.15) is 9.97 Å². The van der Waals surface area contributed by atoms with Gasteiger partial charge in [0.2, 0.25) is 0 Å². The maximum atomic E-state index is 8.51. The van der Waals surface area contributed by atoms with E-state index in [2.05, 4.69) is 14.6 Å². The molecule has 0 amide bonds. The first-order valence-corrected chi connectivity index (χ1v) is 4.75. The average Bonchev–Trinajstić information content (AvgIpc) is 2.13. The molecular formula is C8H11BN2O4. The SMILES string of the molecule is OB(O)Oc1cnc(OC2CCC2)nc1. The van der Waals surface area contributed by atoms with Gasteiger partial charge in [0, 0.05) is 0 Å². The van der Waals surface area contributed by atoms with Gasteiger partial charge in [0.15, 0.2) is 0 Å². The summed E-state index contributed by atoms with van der Waals surface area (Å²) in [6.07, 6.45) is 6.15. The van der Waals surface area contributed by atoms with Crippen molar-refractivity contribution < 1.29 is 19.4 Å². The average molecular weight is 210 g/mol. The fourth-order valence-corrected chi connectivity index (χ4v) is 1.19. The lowest BCUT2D eigenvalue weighted by atomic mass is 9.96. The van der Waals surface area contributed by atoms with E-state index in [9.17, 15) is 0 Å². The first kappa shape index (κ1) is 10.2. The highest BCUT2D eigenvalue weighted by molar-refractivity contribution is 6.33. The number of rotatable bonds is 4. The van der Waals surface area contributed by atoms with E-state index >= 15 is 0 Å². The molecule has 1 aliphatic carbocycles. The minimum atomic E-state index is -1.85. The molecule has 1 heterocycles. The molecule has 15 heavy (non-hydrogen) atoms. The Hall–Kier alpha value is -1.34. The van der Waals surface area contributed by atoms with Crippen LogP contribution in [-0.2, 0) is 0 Å². The van der Waals surface area contributed by atoms with Crippen LogP contribution in [0, 0.1) is 0 Å². The van der Waals surface area contributed by atoms with Crippen LogP contribution in [0.25, 0.3) is 0 Å². The summed E-state index contributed by atoms with van der Waals surface area (Å²) in [4.78, 5) is 7.75. The second-order valence-electron chi connectivity index (χ2n) is 3.32. The Labute approximate surface area is 87.1 Å². The van der Waals surface area contributed by atoms with Crippen LogP contribution in [0.2, 0.25) is 0 Å². The maximum absolute atomic E-state index is 8.51. The molecule has 0 aromatic carbocycles. The number of hydrogen-bond acceptors (Lipinski definition) is 6. The second-order valence-corrected chi connectivity index (χ2v) is 3.32. The molecule has 2 rings (SSSR count). The highest BCUT2D eigenvalue weighted by Crippen LogP contribution is 2.23. The molecule has 7 heteroatoms. The van der Waals surface area contributed by atoms with Gasteiger partial charge >= 0.3 is 13.3 Å². The van der Waals surface area contributed by atoms with E-state index in [-0.39, 0.29) is 11.9 Å². The number of ether oxygens (including phenoxy) is 1. The first-order valence-electron chi connectivity index (χ1n) is 4.75. The van der Waals surface area contributed by atoms with Gasteiger partial charge < -0.3 is 19.4 Å². The van der Waals surface area contributed by atoms with E-state index in [0.717, 1.165) is 12.8 Å². The second kappa shape index (κ2) is 4.46. The first-order chi connectivity index (χ1) is 7.24. The van der Waals surface area contributed by atoms with Crippen LogP contribution in [0.15, 0.2) is 12.4 Å². The van der Waals surface area contributed by atoms with Crippen molar-refractivity contribution in [3.63, 3.8) is 0 Å². The van der Waals surface area contributed by atoms with E-state index in [1.165, 1.54) is 18.8 Å². The van der Waals surface area contributed by atoms with Gasteiger partial charge in [-0.05, 0) is 19.3 Å². The topological polar surface area (TPSA) is 84.7 Å². The lowest BCUT2D eigenvalue weighted by Gasteiger charge is -2.24. The van der Waals surface area contributed by atoms with Crippen LogP contribution in [0.5, 0.6) is 11.8 Å². The predicted molar refractivity (Wildman–Crippen MR) is 51.1 cm³/mol. The van der Waals surface area contributed by atoms with Crippen LogP contribution in [-0.4, -0.2) is 33.4 Å². The zero-order valence-electron chi connectivity index (χ0n) is 8.04. The zero-order chi connectivity index (χ0) is 10.7. The molecule has 0 saturated heterocycles. The highest BCUT2D eigenvalue weighted by atomic mass is 16.6. The van der Waals surface area contributed by atoms with Gasteiger partial charge in [-0.3, -0.25) is 0 Å². The Balaban J connectivity index is 1.91. The van der Waals surface area contributed by atoms with Gasteiger partial charge in [-0.25, -0.2) is 0 Å². The van der Waals surface area contributed by atoms with Gasteiger partial charge in [0.05, 0.1) is 12.4 Å². The minimum Gasteiger partial charge on any atom is -0.509 e. The molecule has 0 atom stereocenters. The van der Waals surface area contributed by atoms with Gasteiger partial charge in [-0.15, -0.1) is 0 Å². The Bertz CT molecular complexity index is 315. The van der Waals surface area contributed by atoms with Crippen molar-refractivity contribution in [3.05, 3.63) is 12.4 Å². The third-order valence-electron chi connectivity index (χ3n) is 2.17. The Morgan fingerprint density at radius 1 is 1.27 bits per heavy atom. The monoisotopic (exact) mass is 210 g/mol. The Morgan fingerprint density at radius 2 is 1.93 bits per heavy atom. The van der Waals surface area contributed by atoms with Crippen LogP contribution >= 0.6 is 0 Å². The van der Waals surface area contributed by atoms with Gasteiger partial charge in [0.1, 0.15) is 11.9 Å². The fourth-order valence-electron chi connectivity index (χ4n) is 1.19. The summed E-state index contributed by atoms with van der Waals surface area (Å²) in [6.45, 7) is 0. The molecular weight excluding hydrogens is 199 g/mol. The molecule has 0 radical (unpaired) electrons. The third-order valence-corrected chi connectivity index (χ3v) is 2.17. The largest absolute Gasteiger partial charge is 0.707 e. The maximum Gasteiger partial charge on any atom is 0.707 e. The van der Waals surface area contributed by atoms with E-state index < -0.39 is 7.32 Å². The van der Waals surface area contributed by atoms with Crippen molar-refractivity contribution >= 4 is 7.32 Å². The summed E-state index contributed by atoms with van der Waals surface area (Å²) in [6, 6.07) is 0.291. The number of aromatic nitrogens is 2. The van der Waals surface area contributed by atoms with E-state index in [4.69, 9.17) is 14.8 Å². The smallest absolute Gasteiger partial charge is 0.509 e. The molecule has 1 saturated carbocycles. The van der Waals surface area contributed by atoms with Crippen LogP contribution in [0.4, 0.5) is 0 Å². The van der Waals surface area contributed by atoms with E-state index in [1.54, 1.807) is 0 Å². The molecule has 2 N–H and O–H groups in total. The summed E-state index contributed by atoms with van der Waals surface area (Å²) in [5, 5.41) is 17.0. The molecule has 6 nitrogen and oxygen atoms in total. The minimum absolute atomic E-state index is 0.186. The summed E-state index contributed by atoms with van der Waals surface area (Å²) >= 11 is 0. The molecule has 1 fully saturated rings. The number of nitrogens with zero attached hydrogens (tertiary/aromatic N) is 2. The predicted octanol–water partition coefficient (Wildman–Crippen LogP) is -0.244. The Morgan fingerprint density at radius 3 is 2.40 bits per heavy atom. The molecule has 80 valence electrons. The summed E-state index contributed by atoms with van der Waals surface area (Å²) < 4.78 is 9.95. The van der Waals surface area contributed by atoms with Gasteiger partial charge in [0.25, 0.3) is 0 Å². The Kier molecular flexibility index (Phi) is 3.03. The normalized spacial score (nSPS) is 15.6. The quantitative estimate of drug-likeness (QED) is 0.667. The molecule has 0 spiro atoms. The van der Waals surface area contributed by atoms with Crippen molar-refractivity contribution in [2.45, 2.75) is 25.4 Å². The lowest BCUT2D eigenvalue weighted by molar-refractivity contribution is 0.108. The molecule has 0 bridgehead atoms. The molecule has 0 aliphatic heterocycles. The van der Waals surface area contributed by atoms with Crippen molar-refractivity contribution in [1.29, 1.82) is 0 Å². The lowest BCUT2D eigenvalue weighted by Crippen LogP contribution is -2.25. The highest BCUT2D eigenvalue weighted by Gasteiger charge is 2.20.